The minimum Gasteiger partial charge on any atom is -0.394 e. The first kappa shape index (κ1) is 20.2. The first-order valence-electron chi connectivity index (χ1n) is 8.04. The molecule has 2 heterocycles. The van der Waals surface area contributed by atoms with Crippen molar-refractivity contribution in [2.24, 2.45) is 0 Å². The van der Waals surface area contributed by atoms with E-state index in [9.17, 15) is 27.9 Å². The quantitative estimate of drug-likeness (QED) is 0.749. The van der Waals surface area contributed by atoms with Crippen LogP contribution in [-0.2, 0) is 15.7 Å². The number of hydrogen-bond acceptors (Lipinski definition) is 5. The number of aromatic nitrogens is 2. The fourth-order valence-electron chi connectivity index (χ4n) is 2.52. The fraction of sp³-hybridized carbons (Fsp3) is 0.625. The van der Waals surface area contributed by atoms with Crippen molar-refractivity contribution < 1.29 is 27.8 Å². The number of aromatic amines is 1. The number of H-pyrrole nitrogens is 1. The number of halogens is 3. The summed E-state index contributed by atoms with van der Waals surface area (Å²) in [6.07, 6.45) is -5.42. The molecular formula is C16H19F3N2O5. The highest BCUT2D eigenvalue weighted by Crippen LogP contribution is 2.31. The van der Waals surface area contributed by atoms with Gasteiger partial charge in [-0.25, -0.2) is 4.79 Å². The van der Waals surface area contributed by atoms with Crippen LogP contribution >= 0.6 is 0 Å². The lowest BCUT2D eigenvalue weighted by Gasteiger charge is -2.16. The monoisotopic (exact) mass is 376 g/mol. The van der Waals surface area contributed by atoms with Gasteiger partial charge in [-0.15, -0.1) is 5.92 Å². The van der Waals surface area contributed by atoms with Gasteiger partial charge in [0, 0.05) is 19.0 Å². The third-order valence-electron chi connectivity index (χ3n) is 3.81. The van der Waals surface area contributed by atoms with Gasteiger partial charge in [-0.2, -0.15) is 13.2 Å². The first-order valence-corrected chi connectivity index (χ1v) is 8.04. The zero-order valence-corrected chi connectivity index (χ0v) is 14.0. The number of nitrogens with one attached hydrogen (secondary N) is 1. The van der Waals surface area contributed by atoms with Gasteiger partial charge in [-0.3, -0.25) is 14.3 Å². The predicted octanol–water partition coefficient (Wildman–Crippen LogP) is 1.02. The Morgan fingerprint density at radius 1 is 1.42 bits per heavy atom. The normalized spacial score (nSPS) is 22.9. The van der Waals surface area contributed by atoms with Crippen LogP contribution in [-0.4, -0.2) is 40.1 Å². The summed E-state index contributed by atoms with van der Waals surface area (Å²) in [6, 6.07) is 0. The second-order valence-corrected chi connectivity index (χ2v) is 5.71. The molecule has 0 spiro atoms. The van der Waals surface area contributed by atoms with Gasteiger partial charge < -0.3 is 14.6 Å². The highest BCUT2D eigenvalue weighted by Gasteiger charge is 2.39. The molecule has 10 heteroatoms. The largest absolute Gasteiger partial charge is 0.423 e. The second-order valence-electron chi connectivity index (χ2n) is 5.71. The molecule has 1 aliphatic heterocycles. The van der Waals surface area contributed by atoms with Crippen LogP contribution in [0.1, 0.15) is 38.0 Å². The van der Waals surface area contributed by atoms with Gasteiger partial charge >= 0.3 is 11.9 Å². The zero-order chi connectivity index (χ0) is 19.3. The number of alkyl halides is 3. The topological polar surface area (TPSA) is 93.6 Å². The number of aliphatic hydroxyl groups is 1. The maximum absolute atomic E-state index is 12.9. The first-order chi connectivity index (χ1) is 12.3. The van der Waals surface area contributed by atoms with Crippen LogP contribution in [0.2, 0.25) is 0 Å². The third kappa shape index (κ3) is 4.75. The van der Waals surface area contributed by atoms with Gasteiger partial charge in [0.1, 0.15) is 24.5 Å². The molecule has 0 aliphatic carbocycles. The highest BCUT2D eigenvalue weighted by atomic mass is 19.4. The molecule has 1 saturated heterocycles. The Hall–Kier alpha value is -2.09. The molecule has 1 aromatic heterocycles. The van der Waals surface area contributed by atoms with Crippen LogP contribution in [0.25, 0.3) is 0 Å². The summed E-state index contributed by atoms with van der Waals surface area (Å²) in [5, 5.41) is 9.37. The van der Waals surface area contributed by atoms with E-state index >= 15 is 0 Å². The number of rotatable bonds is 5. The van der Waals surface area contributed by atoms with E-state index < -0.39 is 48.0 Å². The molecule has 1 fully saturated rings. The summed E-state index contributed by atoms with van der Waals surface area (Å²) >= 11 is 0. The smallest absolute Gasteiger partial charge is 0.394 e. The number of ether oxygens (including phenoxy) is 2. The van der Waals surface area contributed by atoms with E-state index in [0.29, 0.717) is 17.2 Å². The van der Waals surface area contributed by atoms with Crippen LogP contribution in [0.4, 0.5) is 13.2 Å². The molecule has 0 radical (unpaired) electrons. The summed E-state index contributed by atoms with van der Waals surface area (Å²) in [7, 11) is 0. The number of unbranched alkanes of at least 4 members (excludes halogenated alkanes) is 1. The highest BCUT2D eigenvalue weighted by molar-refractivity contribution is 5.09. The molecule has 144 valence electrons. The van der Waals surface area contributed by atoms with Crippen molar-refractivity contribution in [2.75, 3.05) is 13.2 Å². The Kier molecular flexibility index (Phi) is 6.63. The number of nitrogens with zero attached hydrogens (tertiary/aromatic N) is 1. The van der Waals surface area contributed by atoms with Crippen molar-refractivity contribution in [3.05, 3.63) is 32.6 Å². The van der Waals surface area contributed by atoms with E-state index in [-0.39, 0.29) is 13.0 Å². The Labute approximate surface area is 146 Å². The van der Waals surface area contributed by atoms with Crippen LogP contribution in [0.15, 0.2) is 15.8 Å². The molecular weight excluding hydrogens is 357 g/mol. The van der Waals surface area contributed by atoms with E-state index in [2.05, 4.69) is 11.8 Å². The lowest BCUT2D eigenvalue weighted by molar-refractivity contribution is -0.139. The summed E-state index contributed by atoms with van der Waals surface area (Å²) in [5.41, 5.74) is -4.06. The standard InChI is InChI=1S/C16H19F3N2O5/c1-2-3-4-5-6-25-11-7-13(26-12(11)9-22)21-8-10(16(17,18)19)14(23)20-15(21)24/h8,11-13,22H,2-3,6-7,9H2,1H3,(H,20,23,24)/t11-,12+,13+/m0/s1. The molecule has 0 amide bonds. The minimum atomic E-state index is -4.91. The molecule has 1 aliphatic rings. The average Bonchev–Trinajstić information content (AvgIpc) is 2.96. The van der Waals surface area contributed by atoms with Gasteiger partial charge in [-0.05, 0) is 6.42 Å². The van der Waals surface area contributed by atoms with Crippen molar-refractivity contribution in [1.29, 1.82) is 0 Å². The average molecular weight is 376 g/mol. The molecule has 2 N–H and O–H groups in total. The van der Waals surface area contributed by atoms with E-state index in [1.807, 2.05) is 6.92 Å². The summed E-state index contributed by atoms with van der Waals surface area (Å²) in [4.78, 5) is 24.9. The van der Waals surface area contributed by atoms with Gasteiger partial charge in [0.05, 0.1) is 12.7 Å². The Morgan fingerprint density at radius 2 is 2.15 bits per heavy atom. The van der Waals surface area contributed by atoms with Gasteiger partial charge in [0.2, 0.25) is 0 Å². The molecule has 0 aromatic carbocycles. The number of aliphatic hydroxyl groups excluding tert-OH is 1. The summed E-state index contributed by atoms with van der Waals surface area (Å²) in [6.45, 7) is 1.61. The molecule has 3 atom stereocenters. The molecule has 26 heavy (non-hydrogen) atoms. The van der Waals surface area contributed by atoms with Gasteiger partial charge in [0.15, 0.2) is 0 Å². The van der Waals surface area contributed by atoms with E-state index in [4.69, 9.17) is 9.47 Å². The maximum Gasteiger partial charge on any atom is 0.423 e. The Morgan fingerprint density at radius 3 is 2.77 bits per heavy atom. The number of hydrogen-bond donors (Lipinski definition) is 2. The third-order valence-corrected chi connectivity index (χ3v) is 3.81. The maximum atomic E-state index is 12.9. The molecule has 0 saturated carbocycles. The van der Waals surface area contributed by atoms with Crippen molar-refractivity contribution in [1.82, 2.24) is 9.55 Å². The SMILES string of the molecule is CCCC#CCO[C@H]1C[C@H](n2cc(C(F)(F)F)c(=O)[nH]c2=O)O[C@@H]1CO. The molecule has 2 rings (SSSR count). The van der Waals surface area contributed by atoms with Gasteiger partial charge in [0.25, 0.3) is 5.56 Å². The van der Waals surface area contributed by atoms with Crippen LogP contribution in [0, 0.1) is 11.8 Å². The van der Waals surface area contributed by atoms with Crippen molar-refractivity contribution in [3.63, 3.8) is 0 Å². The zero-order valence-electron chi connectivity index (χ0n) is 14.0. The van der Waals surface area contributed by atoms with Crippen molar-refractivity contribution >= 4 is 0 Å². The fourth-order valence-corrected chi connectivity index (χ4v) is 2.52. The predicted molar refractivity (Wildman–Crippen MR) is 84.4 cm³/mol. The minimum absolute atomic E-state index is 0.0317. The van der Waals surface area contributed by atoms with Crippen LogP contribution in [0.5, 0.6) is 0 Å². The molecule has 7 nitrogen and oxygen atoms in total. The van der Waals surface area contributed by atoms with Gasteiger partial charge in [-0.1, -0.05) is 12.8 Å². The molecule has 1 aromatic rings. The van der Waals surface area contributed by atoms with E-state index in [1.165, 1.54) is 0 Å². The lowest BCUT2D eigenvalue weighted by Crippen LogP contribution is -2.36. The molecule has 0 unspecified atom stereocenters. The second kappa shape index (κ2) is 8.53. The van der Waals surface area contributed by atoms with Crippen molar-refractivity contribution in [3.8, 4) is 11.8 Å². The summed E-state index contributed by atoms with van der Waals surface area (Å²) in [5.74, 6) is 5.66. The van der Waals surface area contributed by atoms with E-state index in [1.54, 1.807) is 4.98 Å². The van der Waals surface area contributed by atoms with E-state index in [0.717, 1.165) is 6.42 Å². The van der Waals surface area contributed by atoms with Crippen LogP contribution < -0.4 is 11.2 Å². The lowest BCUT2D eigenvalue weighted by atomic mass is 10.2. The summed E-state index contributed by atoms with van der Waals surface area (Å²) < 4.78 is 50.2. The Balaban J connectivity index is 2.19. The Bertz CT molecular complexity index is 790. The molecule has 0 bridgehead atoms. The van der Waals surface area contributed by atoms with Crippen molar-refractivity contribution in [2.45, 2.75) is 50.8 Å². The van der Waals surface area contributed by atoms with Crippen LogP contribution in [0.3, 0.4) is 0 Å².